The van der Waals surface area contributed by atoms with E-state index in [4.69, 9.17) is 23.2 Å². The van der Waals surface area contributed by atoms with Crippen molar-refractivity contribution in [1.29, 1.82) is 0 Å². The molecule has 1 aromatic heterocycles. The Bertz CT molecular complexity index is 470. The van der Waals surface area contributed by atoms with Crippen LogP contribution in [0.5, 0.6) is 0 Å². The first-order valence-corrected chi connectivity index (χ1v) is 8.14. The Morgan fingerprint density at radius 1 is 1.53 bits per heavy atom. The third-order valence-corrected chi connectivity index (χ3v) is 4.93. The highest BCUT2D eigenvalue weighted by molar-refractivity contribution is 7.99. The fourth-order valence-corrected chi connectivity index (χ4v) is 3.80. The van der Waals surface area contributed by atoms with Crippen LogP contribution in [-0.2, 0) is 0 Å². The van der Waals surface area contributed by atoms with Crippen molar-refractivity contribution < 1.29 is 4.79 Å². The van der Waals surface area contributed by atoms with E-state index in [1.165, 1.54) is 12.3 Å². The number of nitrogens with one attached hydrogen (secondary N) is 1. The van der Waals surface area contributed by atoms with Crippen LogP contribution in [0.3, 0.4) is 0 Å². The zero-order valence-electron chi connectivity index (χ0n) is 10.7. The van der Waals surface area contributed by atoms with Crippen molar-refractivity contribution in [3.8, 4) is 0 Å². The molecule has 19 heavy (non-hydrogen) atoms. The molecule has 0 spiro atoms. The quantitative estimate of drug-likeness (QED) is 0.859. The Hall–Kier alpha value is -0.450. The van der Waals surface area contributed by atoms with E-state index in [2.05, 4.69) is 17.2 Å². The minimum atomic E-state index is -0.165. The SMILES string of the molecule is CCSC1CCC(NC(=O)c2cc(Cl)ncc2Cl)C1. The predicted octanol–water partition coefficient (Wildman–Crippen LogP) is 3.79. The van der Waals surface area contributed by atoms with Gasteiger partial charge in [-0.2, -0.15) is 11.8 Å². The number of carbonyl (C=O) groups is 1. The largest absolute Gasteiger partial charge is 0.349 e. The van der Waals surface area contributed by atoms with Crippen LogP contribution in [0.2, 0.25) is 10.2 Å². The molecule has 3 nitrogen and oxygen atoms in total. The number of amides is 1. The number of halogens is 2. The number of nitrogens with zero attached hydrogens (tertiary/aromatic N) is 1. The highest BCUT2D eigenvalue weighted by Crippen LogP contribution is 2.30. The van der Waals surface area contributed by atoms with Crippen LogP contribution in [0, 0.1) is 0 Å². The second-order valence-electron chi connectivity index (χ2n) is 4.55. The lowest BCUT2D eigenvalue weighted by Crippen LogP contribution is -2.33. The monoisotopic (exact) mass is 318 g/mol. The van der Waals surface area contributed by atoms with Gasteiger partial charge >= 0.3 is 0 Å². The Kier molecular flexibility index (Phi) is 5.37. The van der Waals surface area contributed by atoms with Crippen LogP contribution in [0.1, 0.15) is 36.5 Å². The summed E-state index contributed by atoms with van der Waals surface area (Å²) < 4.78 is 0. The molecule has 1 aromatic rings. The van der Waals surface area contributed by atoms with Gasteiger partial charge in [0.2, 0.25) is 0 Å². The van der Waals surface area contributed by atoms with E-state index < -0.39 is 0 Å². The number of carbonyl (C=O) groups excluding carboxylic acids is 1. The Morgan fingerprint density at radius 2 is 2.32 bits per heavy atom. The van der Waals surface area contributed by atoms with Gasteiger partial charge in [0.15, 0.2) is 0 Å². The second-order valence-corrected chi connectivity index (χ2v) is 6.92. The average molecular weight is 319 g/mol. The van der Waals surface area contributed by atoms with Crippen molar-refractivity contribution in [2.75, 3.05) is 5.75 Å². The molecule has 1 aliphatic carbocycles. The van der Waals surface area contributed by atoms with Crippen molar-refractivity contribution in [2.24, 2.45) is 0 Å². The van der Waals surface area contributed by atoms with Gasteiger partial charge in [0.25, 0.3) is 5.91 Å². The van der Waals surface area contributed by atoms with Gasteiger partial charge in [0.05, 0.1) is 10.6 Å². The van der Waals surface area contributed by atoms with E-state index in [0.29, 0.717) is 15.8 Å². The molecule has 1 N–H and O–H groups in total. The maximum Gasteiger partial charge on any atom is 0.253 e. The smallest absolute Gasteiger partial charge is 0.253 e. The molecule has 6 heteroatoms. The van der Waals surface area contributed by atoms with E-state index in [1.54, 1.807) is 0 Å². The molecule has 2 rings (SSSR count). The molecule has 2 unspecified atom stereocenters. The molecule has 1 heterocycles. The molecule has 0 saturated heterocycles. The molecule has 0 aromatic carbocycles. The van der Waals surface area contributed by atoms with E-state index in [9.17, 15) is 4.79 Å². The standard InChI is InChI=1S/C13H16Cl2N2OS/c1-2-19-9-4-3-8(5-9)17-13(18)10-6-12(15)16-7-11(10)14/h6-9H,2-5H2,1H3,(H,17,18). The van der Waals surface area contributed by atoms with Crippen molar-refractivity contribution in [2.45, 2.75) is 37.5 Å². The van der Waals surface area contributed by atoms with Crippen LogP contribution in [0.15, 0.2) is 12.3 Å². The normalized spacial score (nSPS) is 22.5. The highest BCUT2D eigenvalue weighted by Gasteiger charge is 2.26. The lowest BCUT2D eigenvalue weighted by Gasteiger charge is -2.13. The van der Waals surface area contributed by atoms with Crippen LogP contribution in [0.4, 0.5) is 0 Å². The van der Waals surface area contributed by atoms with Gasteiger partial charge in [-0.25, -0.2) is 4.98 Å². The number of aromatic nitrogens is 1. The van der Waals surface area contributed by atoms with E-state index in [0.717, 1.165) is 25.0 Å². The van der Waals surface area contributed by atoms with E-state index in [1.807, 2.05) is 11.8 Å². The van der Waals surface area contributed by atoms with Gasteiger partial charge in [-0.05, 0) is 31.1 Å². The van der Waals surface area contributed by atoms with Crippen molar-refractivity contribution >= 4 is 40.9 Å². The predicted molar refractivity (Wildman–Crippen MR) is 81.3 cm³/mol. The number of pyridine rings is 1. The fourth-order valence-electron chi connectivity index (χ4n) is 2.31. The molecule has 1 saturated carbocycles. The molecule has 0 radical (unpaired) electrons. The summed E-state index contributed by atoms with van der Waals surface area (Å²) >= 11 is 13.7. The molecule has 104 valence electrons. The maximum atomic E-state index is 12.1. The van der Waals surface area contributed by atoms with Gasteiger partial charge in [0, 0.05) is 17.5 Å². The summed E-state index contributed by atoms with van der Waals surface area (Å²) in [5.41, 5.74) is 0.397. The number of thioether (sulfide) groups is 1. The molecule has 1 amide bonds. The van der Waals surface area contributed by atoms with Crippen LogP contribution in [-0.4, -0.2) is 27.9 Å². The number of hydrogen-bond donors (Lipinski definition) is 1. The van der Waals surface area contributed by atoms with Gasteiger partial charge in [-0.15, -0.1) is 0 Å². The molecular formula is C13H16Cl2N2OS. The van der Waals surface area contributed by atoms with Gasteiger partial charge in [-0.3, -0.25) is 4.79 Å². The zero-order chi connectivity index (χ0) is 13.8. The van der Waals surface area contributed by atoms with Crippen LogP contribution < -0.4 is 5.32 Å². The molecule has 1 fully saturated rings. The topological polar surface area (TPSA) is 42.0 Å². The molecule has 1 aliphatic rings. The third kappa shape index (κ3) is 4.01. The van der Waals surface area contributed by atoms with Gasteiger partial charge < -0.3 is 5.32 Å². The zero-order valence-corrected chi connectivity index (χ0v) is 13.0. The number of rotatable bonds is 4. The Balaban J connectivity index is 1.96. The summed E-state index contributed by atoms with van der Waals surface area (Å²) in [5, 5.41) is 4.30. The summed E-state index contributed by atoms with van der Waals surface area (Å²) in [7, 11) is 0. The molecule has 2 atom stereocenters. The first kappa shape index (κ1) is 14.9. The maximum absolute atomic E-state index is 12.1. The summed E-state index contributed by atoms with van der Waals surface area (Å²) in [5.74, 6) is 0.957. The summed E-state index contributed by atoms with van der Waals surface area (Å²) in [6.07, 6.45) is 4.62. The second kappa shape index (κ2) is 6.82. The first-order valence-electron chi connectivity index (χ1n) is 6.33. The van der Waals surface area contributed by atoms with Crippen LogP contribution >= 0.6 is 35.0 Å². The molecule has 0 aliphatic heterocycles. The van der Waals surface area contributed by atoms with Crippen molar-refractivity contribution in [3.05, 3.63) is 28.0 Å². The van der Waals surface area contributed by atoms with E-state index >= 15 is 0 Å². The average Bonchev–Trinajstić information content (AvgIpc) is 2.80. The summed E-state index contributed by atoms with van der Waals surface area (Å²) in [4.78, 5) is 16.0. The van der Waals surface area contributed by atoms with Crippen molar-refractivity contribution in [3.63, 3.8) is 0 Å². The Morgan fingerprint density at radius 3 is 3.05 bits per heavy atom. The lowest BCUT2D eigenvalue weighted by atomic mass is 10.2. The minimum Gasteiger partial charge on any atom is -0.349 e. The lowest BCUT2D eigenvalue weighted by molar-refractivity contribution is 0.0938. The highest BCUT2D eigenvalue weighted by atomic mass is 35.5. The summed E-state index contributed by atoms with van der Waals surface area (Å²) in [6, 6.07) is 1.74. The minimum absolute atomic E-state index is 0.165. The molecule has 0 bridgehead atoms. The third-order valence-electron chi connectivity index (χ3n) is 3.19. The van der Waals surface area contributed by atoms with Crippen LogP contribution in [0.25, 0.3) is 0 Å². The van der Waals surface area contributed by atoms with Gasteiger partial charge in [-0.1, -0.05) is 30.1 Å². The first-order chi connectivity index (χ1) is 9.10. The number of hydrogen-bond acceptors (Lipinski definition) is 3. The van der Waals surface area contributed by atoms with E-state index in [-0.39, 0.29) is 17.1 Å². The summed E-state index contributed by atoms with van der Waals surface area (Å²) in [6.45, 7) is 2.16. The van der Waals surface area contributed by atoms with Gasteiger partial charge in [0.1, 0.15) is 5.15 Å². The Labute approximate surface area is 127 Å². The molecular weight excluding hydrogens is 303 g/mol. The fraction of sp³-hybridized carbons (Fsp3) is 0.538. The van der Waals surface area contributed by atoms with Crippen molar-refractivity contribution in [1.82, 2.24) is 10.3 Å².